The van der Waals surface area contributed by atoms with Gasteiger partial charge in [0, 0.05) is 11.8 Å². The topological polar surface area (TPSA) is 30.0 Å². The summed E-state index contributed by atoms with van der Waals surface area (Å²) < 4.78 is 24.3. The van der Waals surface area contributed by atoms with Crippen LogP contribution in [0.3, 0.4) is 0 Å². The first-order valence-electron chi connectivity index (χ1n) is 3.04. The van der Waals surface area contributed by atoms with E-state index in [0.717, 1.165) is 0 Å². The number of carbonyl (C=O) groups is 1. The minimum absolute atomic E-state index is 0.0648. The highest BCUT2D eigenvalue weighted by molar-refractivity contribution is 9.10. The van der Waals surface area contributed by atoms with Crippen LogP contribution in [0.2, 0.25) is 0 Å². The van der Waals surface area contributed by atoms with E-state index in [1.165, 1.54) is 12.3 Å². The lowest BCUT2D eigenvalue weighted by molar-refractivity contribution is 0.112. The highest BCUT2D eigenvalue weighted by Gasteiger charge is 2.15. The van der Waals surface area contributed by atoms with Crippen molar-refractivity contribution in [2.75, 3.05) is 0 Å². The van der Waals surface area contributed by atoms with Gasteiger partial charge >= 0.3 is 0 Å². The lowest BCUT2D eigenvalue weighted by Gasteiger charge is -2.02. The fourth-order valence-corrected chi connectivity index (χ4v) is 1.22. The average molecular weight is 236 g/mol. The van der Waals surface area contributed by atoms with E-state index in [1.54, 1.807) is 0 Å². The van der Waals surface area contributed by atoms with Crippen LogP contribution in [-0.4, -0.2) is 11.3 Å². The minimum atomic E-state index is -2.67. The minimum Gasteiger partial charge on any atom is -0.298 e. The van der Waals surface area contributed by atoms with Gasteiger partial charge in [0.05, 0.1) is 4.47 Å². The van der Waals surface area contributed by atoms with E-state index < -0.39 is 12.1 Å². The number of pyridine rings is 1. The van der Waals surface area contributed by atoms with Gasteiger partial charge in [-0.25, -0.2) is 8.78 Å². The third-order valence-corrected chi connectivity index (χ3v) is 2.14. The molecule has 64 valence electrons. The zero-order chi connectivity index (χ0) is 9.14. The second-order valence-corrected chi connectivity index (χ2v) is 2.81. The van der Waals surface area contributed by atoms with Gasteiger partial charge in [0.1, 0.15) is 5.69 Å². The number of alkyl halides is 2. The first-order chi connectivity index (χ1) is 5.66. The van der Waals surface area contributed by atoms with E-state index in [0.29, 0.717) is 6.29 Å². The molecule has 0 bridgehead atoms. The second-order valence-electron chi connectivity index (χ2n) is 2.02. The Labute approximate surface area is 75.7 Å². The van der Waals surface area contributed by atoms with Crippen LogP contribution >= 0.6 is 15.9 Å². The Bertz CT molecular complexity index is 303. The maximum absolute atomic E-state index is 12.1. The number of hydrogen-bond acceptors (Lipinski definition) is 2. The smallest absolute Gasteiger partial charge is 0.281 e. The van der Waals surface area contributed by atoms with Crippen LogP contribution in [0.15, 0.2) is 16.7 Å². The molecule has 2 nitrogen and oxygen atoms in total. The van der Waals surface area contributed by atoms with Crippen LogP contribution in [0, 0.1) is 0 Å². The molecule has 0 spiro atoms. The molecular weight excluding hydrogens is 232 g/mol. The van der Waals surface area contributed by atoms with Crippen molar-refractivity contribution >= 4 is 22.2 Å². The number of aldehydes is 1. The molecule has 0 aliphatic heterocycles. The van der Waals surface area contributed by atoms with Crippen molar-refractivity contribution < 1.29 is 13.6 Å². The Morgan fingerprint density at radius 2 is 2.25 bits per heavy atom. The number of nitrogens with zero attached hydrogens (tertiary/aromatic N) is 1. The molecule has 0 aromatic carbocycles. The molecule has 0 aliphatic rings. The Kier molecular flexibility index (Phi) is 2.86. The molecule has 0 unspecified atom stereocenters. The van der Waals surface area contributed by atoms with Gasteiger partial charge in [-0.3, -0.25) is 9.78 Å². The molecule has 1 rings (SSSR count). The van der Waals surface area contributed by atoms with Gasteiger partial charge in [0.25, 0.3) is 6.43 Å². The summed E-state index contributed by atoms with van der Waals surface area (Å²) in [5, 5.41) is 0. The van der Waals surface area contributed by atoms with Crippen LogP contribution in [0.1, 0.15) is 22.5 Å². The van der Waals surface area contributed by atoms with Gasteiger partial charge in [-0.1, -0.05) is 0 Å². The third kappa shape index (κ3) is 1.66. The molecule has 0 aliphatic carbocycles. The van der Waals surface area contributed by atoms with Crippen LogP contribution in [0.4, 0.5) is 8.78 Å². The Balaban J connectivity index is 3.22. The van der Waals surface area contributed by atoms with E-state index in [-0.39, 0.29) is 10.0 Å². The summed E-state index contributed by atoms with van der Waals surface area (Å²) in [6.07, 6.45) is -0.993. The fourth-order valence-electron chi connectivity index (χ4n) is 0.719. The number of rotatable bonds is 2. The van der Waals surface area contributed by atoms with Gasteiger partial charge in [-0.15, -0.1) is 0 Å². The third-order valence-electron chi connectivity index (χ3n) is 1.28. The van der Waals surface area contributed by atoms with Gasteiger partial charge in [0.2, 0.25) is 0 Å². The van der Waals surface area contributed by atoms with Gasteiger partial charge in [0.15, 0.2) is 6.29 Å². The van der Waals surface area contributed by atoms with E-state index in [2.05, 4.69) is 20.9 Å². The molecule has 0 fully saturated rings. The van der Waals surface area contributed by atoms with Crippen LogP contribution in [0.5, 0.6) is 0 Å². The van der Waals surface area contributed by atoms with Crippen molar-refractivity contribution in [2.24, 2.45) is 0 Å². The molecule has 0 amide bonds. The zero-order valence-electron chi connectivity index (χ0n) is 5.80. The van der Waals surface area contributed by atoms with Crippen molar-refractivity contribution in [3.8, 4) is 0 Å². The molecule has 0 N–H and O–H groups in total. The quantitative estimate of drug-likeness (QED) is 0.738. The monoisotopic (exact) mass is 235 g/mol. The largest absolute Gasteiger partial charge is 0.298 e. The lowest BCUT2D eigenvalue weighted by atomic mass is 10.2. The SMILES string of the molecule is O=Cc1ccnc(C(F)F)c1Br. The van der Waals surface area contributed by atoms with Crippen molar-refractivity contribution in [2.45, 2.75) is 6.43 Å². The number of carbonyl (C=O) groups excluding carboxylic acids is 1. The second kappa shape index (κ2) is 3.71. The van der Waals surface area contributed by atoms with Crippen molar-refractivity contribution in [1.29, 1.82) is 0 Å². The standard InChI is InChI=1S/C7H4BrF2NO/c8-5-4(3-12)1-2-11-6(5)7(9)10/h1-3,7H. The maximum atomic E-state index is 12.1. The van der Waals surface area contributed by atoms with Gasteiger partial charge in [-0.2, -0.15) is 0 Å². The molecule has 12 heavy (non-hydrogen) atoms. The van der Waals surface area contributed by atoms with Gasteiger partial charge < -0.3 is 0 Å². The average Bonchev–Trinajstić information content (AvgIpc) is 2.04. The fraction of sp³-hybridized carbons (Fsp3) is 0.143. The summed E-state index contributed by atoms with van der Waals surface area (Å²) in [7, 11) is 0. The first-order valence-corrected chi connectivity index (χ1v) is 3.84. The van der Waals surface area contributed by atoms with E-state index in [1.807, 2.05) is 0 Å². The molecule has 5 heteroatoms. The van der Waals surface area contributed by atoms with Gasteiger partial charge in [-0.05, 0) is 22.0 Å². The molecule has 1 aromatic heterocycles. The summed E-state index contributed by atoms with van der Waals surface area (Å²) in [5.74, 6) is 0. The van der Waals surface area contributed by atoms with E-state index in [4.69, 9.17) is 0 Å². The molecule has 0 saturated carbocycles. The first kappa shape index (κ1) is 9.25. The van der Waals surface area contributed by atoms with Crippen LogP contribution in [-0.2, 0) is 0 Å². The summed E-state index contributed by atoms with van der Waals surface area (Å²) >= 11 is 2.87. The Morgan fingerprint density at radius 1 is 1.58 bits per heavy atom. The summed E-state index contributed by atoms with van der Waals surface area (Å²) in [4.78, 5) is 13.7. The number of aromatic nitrogens is 1. The molecule has 0 atom stereocenters. The summed E-state index contributed by atoms with van der Waals surface area (Å²) in [6.45, 7) is 0. The van der Waals surface area contributed by atoms with E-state index >= 15 is 0 Å². The van der Waals surface area contributed by atoms with Crippen molar-refractivity contribution in [3.63, 3.8) is 0 Å². The number of halogens is 3. The normalized spacial score (nSPS) is 10.3. The lowest BCUT2D eigenvalue weighted by Crippen LogP contribution is -1.94. The zero-order valence-corrected chi connectivity index (χ0v) is 7.38. The molecule has 1 aromatic rings. The number of hydrogen-bond donors (Lipinski definition) is 0. The maximum Gasteiger partial charge on any atom is 0.281 e. The highest BCUT2D eigenvalue weighted by atomic mass is 79.9. The summed E-state index contributed by atoms with van der Waals surface area (Å²) in [5.41, 5.74) is -0.222. The Hall–Kier alpha value is -0.840. The van der Waals surface area contributed by atoms with E-state index in [9.17, 15) is 13.6 Å². The highest BCUT2D eigenvalue weighted by Crippen LogP contribution is 2.26. The van der Waals surface area contributed by atoms with Crippen LogP contribution < -0.4 is 0 Å². The molecule has 0 radical (unpaired) electrons. The molecule has 1 heterocycles. The van der Waals surface area contributed by atoms with Crippen molar-refractivity contribution in [3.05, 3.63) is 28.0 Å². The van der Waals surface area contributed by atoms with Crippen LogP contribution in [0.25, 0.3) is 0 Å². The predicted molar refractivity (Wildman–Crippen MR) is 42.3 cm³/mol. The van der Waals surface area contributed by atoms with Crippen molar-refractivity contribution in [1.82, 2.24) is 4.98 Å². The Morgan fingerprint density at radius 3 is 2.75 bits per heavy atom. The predicted octanol–water partition coefficient (Wildman–Crippen LogP) is 2.59. The molecular formula is C7H4BrF2NO. The molecule has 0 saturated heterocycles. The summed E-state index contributed by atoms with van der Waals surface area (Å²) in [6, 6.07) is 1.36.